The van der Waals surface area contributed by atoms with Crippen molar-refractivity contribution >= 4 is 29.6 Å². The first-order valence-electron chi connectivity index (χ1n) is 5.88. The maximum atomic E-state index is 11.7. The molecule has 0 aliphatic rings. The van der Waals surface area contributed by atoms with Crippen molar-refractivity contribution in [3.05, 3.63) is 5.89 Å². The predicted molar refractivity (Wildman–Crippen MR) is 73.2 cm³/mol. The summed E-state index contributed by atoms with van der Waals surface area (Å²) in [5.74, 6) is 0.769. The summed E-state index contributed by atoms with van der Waals surface area (Å²) in [7, 11) is 1.72. The standard InChI is InChI=1S/C10H15N7O2S/c1-5(2)7-13-15-9(19-7)12-6(18)4-20-10-16-14-8(11)17(10)3/h5H,4H2,1-3H3,(H2,11,14)(H,12,15,18). The Kier molecular flexibility index (Phi) is 4.23. The van der Waals surface area contributed by atoms with Gasteiger partial charge in [-0.2, -0.15) is 0 Å². The van der Waals surface area contributed by atoms with Crippen molar-refractivity contribution in [1.29, 1.82) is 0 Å². The second kappa shape index (κ2) is 5.90. The number of hydrogen-bond acceptors (Lipinski definition) is 8. The van der Waals surface area contributed by atoms with Crippen LogP contribution in [0.15, 0.2) is 9.57 Å². The zero-order valence-corrected chi connectivity index (χ0v) is 12.1. The van der Waals surface area contributed by atoms with Crippen LogP contribution in [0.25, 0.3) is 0 Å². The second-order valence-electron chi connectivity index (χ2n) is 4.34. The van der Waals surface area contributed by atoms with Crippen LogP contribution in [-0.4, -0.2) is 36.6 Å². The van der Waals surface area contributed by atoms with E-state index in [-0.39, 0.29) is 23.6 Å². The van der Waals surface area contributed by atoms with Gasteiger partial charge in [-0.25, -0.2) is 0 Å². The quantitative estimate of drug-likeness (QED) is 0.770. The first-order valence-corrected chi connectivity index (χ1v) is 6.87. The lowest BCUT2D eigenvalue weighted by Crippen LogP contribution is -2.14. The number of nitrogens with two attached hydrogens (primary N) is 1. The Balaban J connectivity index is 1.87. The van der Waals surface area contributed by atoms with Crippen LogP contribution in [0, 0.1) is 0 Å². The van der Waals surface area contributed by atoms with E-state index in [1.807, 2.05) is 13.8 Å². The van der Waals surface area contributed by atoms with Crippen LogP contribution in [0.1, 0.15) is 25.7 Å². The summed E-state index contributed by atoms with van der Waals surface area (Å²) in [4.78, 5) is 11.7. The molecule has 0 aromatic carbocycles. The van der Waals surface area contributed by atoms with E-state index in [1.54, 1.807) is 11.6 Å². The van der Waals surface area contributed by atoms with E-state index in [9.17, 15) is 4.79 Å². The minimum Gasteiger partial charge on any atom is -0.408 e. The molecule has 0 saturated heterocycles. The van der Waals surface area contributed by atoms with Crippen molar-refractivity contribution in [2.24, 2.45) is 7.05 Å². The monoisotopic (exact) mass is 297 g/mol. The molecular formula is C10H15N7O2S. The van der Waals surface area contributed by atoms with Crippen LogP contribution in [0.5, 0.6) is 0 Å². The number of aromatic nitrogens is 5. The van der Waals surface area contributed by atoms with Gasteiger partial charge in [-0.1, -0.05) is 30.7 Å². The number of carbonyl (C=O) groups excluding carboxylic acids is 1. The Bertz CT molecular complexity index is 607. The van der Waals surface area contributed by atoms with Gasteiger partial charge in [0.15, 0.2) is 5.16 Å². The topological polar surface area (TPSA) is 125 Å². The third-order valence-corrected chi connectivity index (χ3v) is 3.40. The molecule has 10 heteroatoms. The van der Waals surface area contributed by atoms with Crippen LogP contribution in [0.3, 0.4) is 0 Å². The molecule has 1 amide bonds. The number of rotatable bonds is 5. The molecule has 0 fully saturated rings. The summed E-state index contributed by atoms with van der Waals surface area (Å²) >= 11 is 1.22. The largest absolute Gasteiger partial charge is 0.408 e. The Labute approximate surface area is 119 Å². The number of carbonyl (C=O) groups is 1. The molecule has 9 nitrogen and oxygen atoms in total. The number of anilines is 2. The van der Waals surface area contributed by atoms with Gasteiger partial charge >= 0.3 is 6.01 Å². The molecule has 3 N–H and O–H groups in total. The lowest BCUT2D eigenvalue weighted by Gasteiger charge is -2.01. The average molecular weight is 297 g/mol. The first kappa shape index (κ1) is 14.3. The second-order valence-corrected chi connectivity index (χ2v) is 5.28. The molecule has 0 unspecified atom stereocenters. The molecule has 2 heterocycles. The van der Waals surface area contributed by atoms with E-state index in [0.29, 0.717) is 17.0 Å². The van der Waals surface area contributed by atoms with Crippen molar-refractivity contribution in [2.75, 3.05) is 16.8 Å². The number of amides is 1. The maximum absolute atomic E-state index is 11.7. The highest BCUT2D eigenvalue weighted by Crippen LogP contribution is 2.18. The Hall–Kier alpha value is -2.10. The van der Waals surface area contributed by atoms with Gasteiger partial charge in [0.05, 0.1) is 5.75 Å². The van der Waals surface area contributed by atoms with Crippen molar-refractivity contribution < 1.29 is 9.21 Å². The van der Waals surface area contributed by atoms with E-state index >= 15 is 0 Å². The van der Waals surface area contributed by atoms with E-state index in [2.05, 4.69) is 25.7 Å². The lowest BCUT2D eigenvalue weighted by atomic mass is 10.2. The van der Waals surface area contributed by atoms with Crippen LogP contribution in [0.4, 0.5) is 12.0 Å². The molecule has 0 spiro atoms. The molecular weight excluding hydrogens is 282 g/mol. The molecule has 0 aliphatic heterocycles. The highest BCUT2D eigenvalue weighted by Gasteiger charge is 2.14. The summed E-state index contributed by atoms with van der Waals surface area (Å²) in [6, 6.07) is 0.0942. The molecule has 20 heavy (non-hydrogen) atoms. The number of nitrogen functional groups attached to an aromatic ring is 1. The first-order chi connectivity index (χ1) is 9.47. The molecule has 2 aromatic rings. The fourth-order valence-electron chi connectivity index (χ4n) is 1.26. The van der Waals surface area contributed by atoms with E-state index in [1.165, 1.54) is 11.8 Å². The SMILES string of the molecule is CC(C)c1nnc(NC(=O)CSc2nnc(N)n2C)o1. The number of hydrogen-bond donors (Lipinski definition) is 2. The van der Waals surface area contributed by atoms with Crippen molar-refractivity contribution in [3.63, 3.8) is 0 Å². The van der Waals surface area contributed by atoms with Gasteiger partial charge in [-0.3, -0.25) is 14.7 Å². The van der Waals surface area contributed by atoms with Gasteiger partial charge in [0.25, 0.3) is 0 Å². The smallest absolute Gasteiger partial charge is 0.322 e. The third kappa shape index (κ3) is 3.26. The highest BCUT2D eigenvalue weighted by molar-refractivity contribution is 7.99. The average Bonchev–Trinajstić information content (AvgIpc) is 2.97. The molecule has 0 atom stereocenters. The number of thioether (sulfide) groups is 1. The number of nitrogens with zero attached hydrogens (tertiary/aromatic N) is 5. The third-order valence-electron chi connectivity index (χ3n) is 2.38. The predicted octanol–water partition coefficient (Wildman–Crippen LogP) is 0.634. The van der Waals surface area contributed by atoms with E-state index in [4.69, 9.17) is 10.2 Å². The zero-order chi connectivity index (χ0) is 14.7. The van der Waals surface area contributed by atoms with E-state index < -0.39 is 0 Å². The molecule has 0 radical (unpaired) electrons. The van der Waals surface area contributed by atoms with Crippen LogP contribution in [0.2, 0.25) is 0 Å². The van der Waals surface area contributed by atoms with Crippen LogP contribution in [-0.2, 0) is 11.8 Å². The summed E-state index contributed by atoms with van der Waals surface area (Å²) in [5, 5.41) is 18.2. The van der Waals surface area contributed by atoms with Gasteiger partial charge in [-0.05, 0) is 0 Å². The summed E-state index contributed by atoms with van der Waals surface area (Å²) in [6.07, 6.45) is 0. The van der Waals surface area contributed by atoms with E-state index in [0.717, 1.165) is 0 Å². The van der Waals surface area contributed by atoms with Gasteiger partial charge < -0.3 is 10.2 Å². The summed E-state index contributed by atoms with van der Waals surface area (Å²) in [6.45, 7) is 3.85. The minimum atomic E-state index is -0.268. The normalized spacial score (nSPS) is 11.0. The van der Waals surface area contributed by atoms with Crippen molar-refractivity contribution in [3.8, 4) is 0 Å². The molecule has 2 aromatic heterocycles. The maximum Gasteiger partial charge on any atom is 0.322 e. The van der Waals surface area contributed by atoms with Gasteiger partial charge in [0.2, 0.25) is 17.7 Å². The lowest BCUT2D eigenvalue weighted by molar-refractivity contribution is -0.113. The van der Waals surface area contributed by atoms with Crippen molar-refractivity contribution in [1.82, 2.24) is 25.0 Å². The van der Waals surface area contributed by atoms with Gasteiger partial charge in [-0.15, -0.1) is 15.3 Å². The number of nitrogens with one attached hydrogen (secondary N) is 1. The van der Waals surface area contributed by atoms with Crippen LogP contribution < -0.4 is 11.1 Å². The Morgan fingerprint density at radius 3 is 2.70 bits per heavy atom. The minimum absolute atomic E-state index is 0.0942. The fourth-order valence-corrected chi connectivity index (χ4v) is 1.97. The Morgan fingerprint density at radius 1 is 1.40 bits per heavy atom. The molecule has 0 aliphatic carbocycles. The highest BCUT2D eigenvalue weighted by atomic mass is 32.2. The molecule has 2 rings (SSSR count). The fraction of sp³-hybridized carbons (Fsp3) is 0.500. The molecule has 0 saturated carbocycles. The van der Waals surface area contributed by atoms with Crippen molar-refractivity contribution in [2.45, 2.75) is 24.9 Å². The zero-order valence-electron chi connectivity index (χ0n) is 11.3. The van der Waals surface area contributed by atoms with Gasteiger partial charge in [0.1, 0.15) is 0 Å². The van der Waals surface area contributed by atoms with Gasteiger partial charge in [0, 0.05) is 13.0 Å². The molecule has 0 bridgehead atoms. The summed E-state index contributed by atoms with van der Waals surface area (Å²) in [5.41, 5.74) is 5.54. The summed E-state index contributed by atoms with van der Waals surface area (Å²) < 4.78 is 6.88. The Morgan fingerprint density at radius 2 is 2.15 bits per heavy atom. The van der Waals surface area contributed by atoms with Crippen LogP contribution >= 0.6 is 11.8 Å². The molecule has 108 valence electrons.